The molecule has 32 heavy (non-hydrogen) atoms. The quantitative estimate of drug-likeness (QED) is 0.644. The van der Waals surface area contributed by atoms with Gasteiger partial charge in [0.15, 0.2) is 5.67 Å². The third kappa shape index (κ3) is 2.10. The summed E-state index contributed by atoms with van der Waals surface area (Å²) in [5.74, 6) is -1.66. The van der Waals surface area contributed by atoms with Crippen LogP contribution in [0, 0.1) is 5.82 Å². The van der Waals surface area contributed by atoms with Crippen LogP contribution in [0.5, 0.6) is 0 Å². The summed E-state index contributed by atoms with van der Waals surface area (Å²) in [6.45, 7) is 2.48. The number of halogens is 2. The molecular formula is C24H25F2N3O2S. The first kappa shape index (κ1) is 18.9. The number of nitrogens with zero attached hydrogens (tertiary/aromatic N) is 3. The Balaban J connectivity index is 1.35. The summed E-state index contributed by atoms with van der Waals surface area (Å²) < 4.78 is 38.4. The van der Waals surface area contributed by atoms with Crippen LogP contribution in [0.4, 0.5) is 8.78 Å². The van der Waals surface area contributed by atoms with E-state index in [0.29, 0.717) is 45.0 Å². The van der Waals surface area contributed by atoms with Gasteiger partial charge in [-0.05, 0) is 63.2 Å². The first-order valence-electron chi connectivity index (χ1n) is 11.2. The van der Waals surface area contributed by atoms with Crippen molar-refractivity contribution in [1.82, 2.24) is 9.21 Å². The normalized spacial score (nSPS) is 36.1. The third-order valence-corrected chi connectivity index (χ3v) is 13.5. The predicted octanol–water partition coefficient (Wildman–Crippen LogP) is 4.41. The number of benzene rings is 2. The van der Waals surface area contributed by atoms with Crippen molar-refractivity contribution in [2.75, 3.05) is 26.2 Å². The van der Waals surface area contributed by atoms with E-state index in [1.165, 1.54) is 22.6 Å². The lowest BCUT2D eigenvalue weighted by Gasteiger charge is -2.59. The number of hydrogen-bond acceptors (Lipinski definition) is 5. The molecule has 0 N–H and O–H groups in total. The largest absolute Gasteiger partial charge is 0.412 e. The first-order chi connectivity index (χ1) is 15.5. The second kappa shape index (κ2) is 5.85. The van der Waals surface area contributed by atoms with E-state index >= 15 is 4.39 Å². The van der Waals surface area contributed by atoms with Crippen molar-refractivity contribution >= 4 is 15.4 Å². The predicted molar refractivity (Wildman–Crippen MR) is 120 cm³/mol. The van der Waals surface area contributed by atoms with E-state index in [1.54, 1.807) is 0 Å². The highest BCUT2D eigenvalue weighted by molar-refractivity contribution is 8.57. The average molecular weight is 458 g/mol. The Morgan fingerprint density at radius 2 is 1.72 bits per heavy atom. The Hall–Kier alpha value is -2.58. The van der Waals surface area contributed by atoms with Gasteiger partial charge in [0.1, 0.15) is 5.82 Å². The number of oxime groups is 1. The second-order valence-corrected chi connectivity index (χ2v) is 14.0. The van der Waals surface area contributed by atoms with Crippen molar-refractivity contribution in [2.45, 2.75) is 40.5 Å². The van der Waals surface area contributed by atoms with Gasteiger partial charge in [-0.1, -0.05) is 18.2 Å². The van der Waals surface area contributed by atoms with Crippen molar-refractivity contribution in [3.05, 3.63) is 70.7 Å². The van der Waals surface area contributed by atoms with Crippen molar-refractivity contribution < 1.29 is 18.4 Å². The lowest BCUT2D eigenvalue weighted by Crippen LogP contribution is -2.69. The fraction of sp³-hybridized carbons (Fsp3) is 0.375. The van der Waals surface area contributed by atoms with Gasteiger partial charge in [0.05, 0.1) is 6.54 Å². The number of piperidine rings is 3. The number of hydrogen-bond donors (Lipinski definition) is 1. The van der Waals surface area contributed by atoms with Gasteiger partial charge in [-0.2, -0.15) is 9.35 Å². The highest BCUT2D eigenvalue weighted by Crippen LogP contribution is 2.95. The van der Waals surface area contributed by atoms with Crippen molar-refractivity contribution in [1.29, 1.82) is 0 Å². The first-order valence-corrected chi connectivity index (χ1v) is 13.5. The number of rotatable bonds is 1. The molecule has 5 nitrogen and oxygen atoms in total. The van der Waals surface area contributed by atoms with Crippen LogP contribution in [-0.4, -0.2) is 52.9 Å². The van der Waals surface area contributed by atoms with Gasteiger partial charge in [-0.3, -0.25) is 9.21 Å². The molecule has 0 amide bonds. The Labute approximate surface area is 185 Å². The standard InChI is InChI=1S/C24H25F2N3O2S/c25-19-5-7-20(8-6-19)32(15-16-32)21-4-2-1-3-18(21)9-12-29(32)22-27-31-24(30-22)17-28-13-10-23(24,26)11-14-28/h1-8,15-16,32H,9-14,17H2/t24-/m1/s1. The minimum atomic E-state index is -3.09. The molecule has 6 aliphatic rings. The molecule has 2 aromatic carbocycles. The maximum Gasteiger partial charge on any atom is 0.338 e. The molecule has 0 aromatic heterocycles. The fourth-order valence-corrected chi connectivity index (χ4v) is 11.7. The molecule has 2 aromatic rings. The number of ether oxygens (including phenoxy) is 1. The number of amidine groups is 1. The van der Waals surface area contributed by atoms with E-state index in [9.17, 15) is 4.39 Å². The van der Waals surface area contributed by atoms with Crippen molar-refractivity contribution in [2.24, 2.45) is 5.16 Å². The summed E-state index contributed by atoms with van der Waals surface area (Å²) in [7, 11) is -3.09. The molecule has 3 saturated heterocycles. The molecule has 168 valence electrons. The molecule has 0 aliphatic carbocycles. The number of alkyl halides is 1. The summed E-state index contributed by atoms with van der Waals surface area (Å²) in [6.07, 6.45) is 1.59. The van der Waals surface area contributed by atoms with Gasteiger partial charge in [-0.15, -0.1) is 0 Å². The van der Waals surface area contributed by atoms with Gasteiger partial charge in [0.25, 0.3) is 0 Å². The van der Waals surface area contributed by atoms with Gasteiger partial charge in [0.2, 0.25) is 0 Å². The summed E-state index contributed by atoms with van der Waals surface area (Å²) >= 11 is 0. The SMILES string of the molecule is Fc1ccc([SH]23(C=C2)c2ccccc2CCN3C2=NO[C@@]3(CN4CCC3(F)CC4)O2)cc1. The summed E-state index contributed by atoms with van der Waals surface area (Å²) in [4.78, 5) is 10.3. The summed E-state index contributed by atoms with van der Waals surface area (Å²) in [5, 5.41) is 8.83. The van der Waals surface area contributed by atoms with Crippen LogP contribution in [0.2, 0.25) is 0 Å². The Morgan fingerprint density at radius 1 is 0.969 bits per heavy atom. The van der Waals surface area contributed by atoms with Gasteiger partial charge in [-0.25, -0.2) is 8.78 Å². The van der Waals surface area contributed by atoms with Crippen LogP contribution < -0.4 is 0 Å². The zero-order valence-electron chi connectivity index (χ0n) is 17.6. The molecule has 6 heterocycles. The van der Waals surface area contributed by atoms with E-state index < -0.39 is 20.8 Å². The smallest absolute Gasteiger partial charge is 0.338 e. The van der Waals surface area contributed by atoms with Gasteiger partial charge < -0.3 is 9.57 Å². The highest BCUT2D eigenvalue weighted by Gasteiger charge is 2.68. The number of thiol groups is 1. The molecule has 6 aliphatic heterocycles. The summed E-state index contributed by atoms with van der Waals surface area (Å²) in [5.41, 5.74) is -0.274. The maximum atomic E-state index is 15.9. The molecule has 8 rings (SSSR count). The van der Waals surface area contributed by atoms with E-state index in [1.807, 2.05) is 18.2 Å². The van der Waals surface area contributed by atoms with Gasteiger partial charge in [0, 0.05) is 37.4 Å². The van der Waals surface area contributed by atoms with Crippen LogP contribution in [0.1, 0.15) is 18.4 Å². The lowest BCUT2D eigenvalue weighted by molar-refractivity contribution is -0.291. The maximum absolute atomic E-state index is 15.9. The minimum Gasteiger partial charge on any atom is -0.412 e. The van der Waals surface area contributed by atoms with Crippen LogP contribution in [0.15, 0.2) is 74.3 Å². The topological polar surface area (TPSA) is 37.3 Å². The molecule has 2 spiro atoms. The third-order valence-electron chi connectivity index (χ3n) is 8.07. The Kier molecular flexibility index (Phi) is 3.46. The highest BCUT2D eigenvalue weighted by atomic mass is 32.3. The molecule has 0 unspecified atom stereocenters. The van der Waals surface area contributed by atoms with Crippen LogP contribution in [0.25, 0.3) is 0 Å². The molecule has 0 radical (unpaired) electrons. The van der Waals surface area contributed by atoms with E-state index in [-0.39, 0.29) is 5.82 Å². The Bertz CT molecular complexity index is 1190. The zero-order chi connectivity index (χ0) is 21.6. The van der Waals surface area contributed by atoms with Crippen LogP contribution >= 0.6 is 9.35 Å². The molecule has 0 saturated carbocycles. The Morgan fingerprint density at radius 3 is 2.44 bits per heavy atom. The molecule has 3 fully saturated rings. The van der Waals surface area contributed by atoms with E-state index in [2.05, 4.69) is 43.4 Å². The average Bonchev–Trinajstić information content (AvgIpc) is 3.43. The zero-order valence-corrected chi connectivity index (χ0v) is 18.5. The van der Waals surface area contributed by atoms with Gasteiger partial charge >= 0.3 is 11.8 Å². The van der Waals surface area contributed by atoms with Crippen LogP contribution in [0.3, 0.4) is 0 Å². The lowest BCUT2D eigenvalue weighted by atomic mass is 9.80. The van der Waals surface area contributed by atoms with Crippen molar-refractivity contribution in [3.63, 3.8) is 0 Å². The minimum absolute atomic E-state index is 0.271. The fourth-order valence-electron chi connectivity index (χ4n) is 6.17. The molecule has 2 bridgehead atoms. The molecule has 8 heteroatoms. The molecule has 1 atom stereocenters. The summed E-state index contributed by atoms with van der Waals surface area (Å²) in [6, 6.07) is 15.5. The molecular weight excluding hydrogens is 432 g/mol. The van der Waals surface area contributed by atoms with E-state index in [4.69, 9.17) is 9.57 Å². The second-order valence-electron chi connectivity index (χ2n) is 9.55. The number of fused-ring (bicyclic) bond motifs is 4. The van der Waals surface area contributed by atoms with Crippen molar-refractivity contribution in [3.8, 4) is 0 Å². The van der Waals surface area contributed by atoms with Crippen LogP contribution in [-0.2, 0) is 16.0 Å². The monoisotopic (exact) mass is 457 g/mol. The van der Waals surface area contributed by atoms with E-state index in [0.717, 1.165) is 11.3 Å².